The van der Waals surface area contributed by atoms with Gasteiger partial charge in [0.25, 0.3) is 0 Å². The maximum atomic E-state index is 11.6. The third kappa shape index (κ3) is 2.88. The van der Waals surface area contributed by atoms with Crippen LogP contribution in [-0.2, 0) is 6.42 Å². The van der Waals surface area contributed by atoms with Crippen LogP contribution in [0.25, 0.3) is 0 Å². The number of aliphatic hydroxyl groups is 1. The van der Waals surface area contributed by atoms with Crippen molar-refractivity contribution >= 4 is 0 Å². The normalized spacial score (nSPS) is 21.8. The number of nitrogens with two attached hydrogens (primary N) is 1. The highest BCUT2D eigenvalue weighted by Crippen LogP contribution is 2.24. The summed E-state index contributed by atoms with van der Waals surface area (Å²) in [5, 5.41) is 12.6. The van der Waals surface area contributed by atoms with Crippen molar-refractivity contribution in [3.63, 3.8) is 0 Å². The molecule has 0 saturated heterocycles. The van der Waals surface area contributed by atoms with E-state index in [4.69, 9.17) is 15.4 Å². The second-order valence-electron chi connectivity index (χ2n) is 4.64. The molecule has 0 aromatic carbocycles. The molecule has 100 valence electrons. The van der Waals surface area contributed by atoms with Crippen LogP contribution in [-0.4, -0.2) is 27.5 Å². The molecule has 0 fully saturated rings. The molecule has 1 aromatic rings. The second-order valence-corrected chi connectivity index (χ2v) is 4.64. The molecular formula is C12H19N3O3. The van der Waals surface area contributed by atoms with Gasteiger partial charge in [-0.2, -0.15) is 0 Å². The van der Waals surface area contributed by atoms with Gasteiger partial charge >= 0.3 is 5.76 Å². The number of allylic oxidation sites excluding steroid dienone is 1. The van der Waals surface area contributed by atoms with Gasteiger partial charge in [0.2, 0.25) is 0 Å². The molecule has 0 saturated carbocycles. The lowest BCUT2D eigenvalue weighted by Crippen LogP contribution is -2.23. The van der Waals surface area contributed by atoms with Crippen LogP contribution >= 0.6 is 0 Å². The summed E-state index contributed by atoms with van der Waals surface area (Å²) >= 11 is 0. The molecule has 0 aliphatic carbocycles. The van der Waals surface area contributed by atoms with Crippen molar-refractivity contribution in [1.82, 2.24) is 9.72 Å². The van der Waals surface area contributed by atoms with Gasteiger partial charge in [-0.05, 0) is 19.3 Å². The summed E-state index contributed by atoms with van der Waals surface area (Å²) in [6.07, 6.45) is 8.23. The first kappa shape index (κ1) is 13.0. The van der Waals surface area contributed by atoms with Crippen LogP contribution in [0.3, 0.4) is 0 Å². The third-order valence-corrected chi connectivity index (χ3v) is 3.26. The van der Waals surface area contributed by atoms with E-state index in [1.165, 1.54) is 0 Å². The molecule has 0 bridgehead atoms. The van der Waals surface area contributed by atoms with Gasteiger partial charge in [-0.25, -0.2) is 4.79 Å². The molecule has 1 aliphatic rings. The van der Waals surface area contributed by atoms with E-state index in [9.17, 15) is 4.79 Å². The zero-order valence-electron chi connectivity index (χ0n) is 10.3. The van der Waals surface area contributed by atoms with Gasteiger partial charge in [-0.1, -0.05) is 23.7 Å². The predicted octanol–water partition coefficient (Wildman–Crippen LogP) is 0.370. The molecule has 3 N–H and O–H groups in total. The molecule has 2 rings (SSSR count). The van der Waals surface area contributed by atoms with E-state index in [2.05, 4.69) is 5.16 Å². The smallest absolute Gasteiger partial charge is 0.394 e. The number of hydrogen-bond acceptors (Lipinski definition) is 5. The number of aryl methyl sites for hydroxylation is 1. The Morgan fingerprint density at radius 3 is 3.22 bits per heavy atom. The summed E-state index contributed by atoms with van der Waals surface area (Å²) in [5.74, 6) is 0.360. The number of aliphatic hydroxyl groups excluding tert-OH is 1. The predicted molar refractivity (Wildman–Crippen MR) is 66.2 cm³/mol. The molecule has 0 spiro atoms. The Hall–Kier alpha value is -1.40. The van der Waals surface area contributed by atoms with Crippen molar-refractivity contribution < 1.29 is 9.63 Å². The van der Waals surface area contributed by atoms with Gasteiger partial charge in [0.15, 0.2) is 5.82 Å². The van der Waals surface area contributed by atoms with Crippen LogP contribution in [0, 0.1) is 0 Å². The molecule has 1 aromatic heterocycles. The summed E-state index contributed by atoms with van der Waals surface area (Å²) < 4.78 is 6.38. The molecule has 6 nitrogen and oxygen atoms in total. The Labute approximate surface area is 105 Å². The first-order valence-electron chi connectivity index (χ1n) is 6.32. The molecule has 2 heterocycles. The fourth-order valence-corrected chi connectivity index (χ4v) is 2.30. The van der Waals surface area contributed by atoms with Crippen LogP contribution in [0.1, 0.15) is 37.5 Å². The average molecular weight is 253 g/mol. The Kier molecular flexibility index (Phi) is 4.33. The van der Waals surface area contributed by atoms with Crippen molar-refractivity contribution in [3.05, 3.63) is 28.5 Å². The lowest BCUT2D eigenvalue weighted by atomic mass is 10.1. The highest BCUT2D eigenvalue weighted by atomic mass is 16.5. The number of hydrogen-bond donors (Lipinski definition) is 2. The number of rotatable bonds is 4. The summed E-state index contributed by atoms with van der Waals surface area (Å²) in [6, 6.07) is -0.252. The van der Waals surface area contributed by atoms with E-state index in [1.807, 2.05) is 6.08 Å². The zero-order valence-corrected chi connectivity index (χ0v) is 10.3. The number of nitrogens with zero attached hydrogens (tertiary/aromatic N) is 2. The zero-order chi connectivity index (χ0) is 13.0. The van der Waals surface area contributed by atoms with Crippen molar-refractivity contribution in [1.29, 1.82) is 0 Å². The fourth-order valence-electron chi connectivity index (χ4n) is 2.30. The Balaban J connectivity index is 2.10. The van der Waals surface area contributed by atoms with Crippen molar-refractivity contribution in [2.75, 3.05) is 6.61 Å². The fraction of sp³-hybridized carbons (Fsp3) is 0.667. The van der Waals surface area contributed by atoms with Gasteiger partial charge in [0.05, 0.1) is 6.61 Å². The molecule has 2 atom stereocenters. The summed E-state index contributed by atoms with van der Waals surface area (Å²) in [4.78, 5) is 11.6. The van der Waals surface area contributed by atoms with Gasteiger partial charge in [-0.15, -0.1) is 0 Å². The molecular weight excluding hydrogens is 234 g/mol. The van der Waals surface area contributed by atoms with Gasteiger partial charge in [0, 0.05) is 18.5 Å². The molecule has 6 heteroatoms. The van der Waals surface area contributed by atoms with E-state index < -0.39 is 0 Å². The van der Waals surface area contributed by atoms with E-state index in [-0.39, 0.29) is 24.4 Å². The molecule has 18 heavy (non-hydrogen) atoms. The molecule has 0 amide bonds. The van der Waals surface area contributed by atoms with Crippen molar-refractivity contribution in [2.45, 2.75) is 44.2 Å². The van der Waals surface area contributed by atoms with Gasteiger partial charge in [-0.3, -0.25) is 9.09 Å². The lowest BCUT2D eigenvalue weighted by molar-refractivity contribution is 0.283. The second kappa shape index (κ2) is 5.97. The highest BCUT2D eigenvalue weighted by molar-refractivity contribution is 4.97. The molecule has 1 aliphatic heterocycles. The standard InChI is InChI=1S/C12H19N3O3/c13-9(8-16)4-3-6-10-5-1-2-7-11-14-18-12(17)15(10)11/h3-4,9-10,16H,1-2,5-8,13H2/b4-3+. The van der Waals surface area contributed by atoms with E-state index in [0.29, 0.717) is 6.42 Å². The van der Waals surface area contributed by atoms with E-state index >= 15 is 0 Å². The first-order valence-corrected chi connectivity index (χ1v) is 6.32. The summed E-state index contributed by atoms with van der Waals surface area (Å²) in [5.41, 5.74) is 5.59. The minimum atomic E-state index is -0.378. The average Bonchev–Trinajstić information content (AvgIpc) is 2.61. The Morgan fingerprint density at radius 1 is 1.61 bits per heavy atom. The largest absolute Gasteiger partial charge is 0.441 e. The van der Waals surface area contributed by atoms with Crippen molar-refractivity contribution in [3.8, 4) is 0 Å². The van der Waals surface area contributed by atoms with E-state index in [1.54, 1.807) is 10.6 Å². The Morgan fingerprint density at radius 2 is 2.44 bits per heavy atom. The first-order chi connectivity index (χ1) is 8.72. The minimum absolute atomic E-state index is 0.0698. The summed E-state index contributed by atoms with van der Waals surface area (Å²) in [6.45, 7) is -0.0698. The topological polar surface area (TPSA) is 94.3 Å². The van der Waals surface area contributed by atoms with Crippen LogP contribution < -0.4 is 11.5 Å². The number of fused-ring (bicyclic) bond motifs is 1. The maximum absolute atomic E-state index is 11.6. The van der Waals surface area contributed by atoms with Gasteiger partial charge < -0.3 is 10.8 Å². The summed E-state index contributed by atoms with van der Waals surface area (Å²) in [7, 11) is 0. The highest BCUT2D eigenvalue weighted by Gasteiger charge is 2.21. The van der Waals surface area contributed by atoms with Crippen LogP contribution in [0.15, 0.2) is 21.5 Å². The molecule has 0 radical (unpaired) electrons. The monoisotopic (exact) mass is 253 g/mol. The quantitative estimate of drug-likeness (QED) is 0.756. The van der Waals surface area contributed by atoms with Crippen molar-refractivity contribution in [2.24, 2.45) is 5.73 Å². The van der Waals surface area contributed by atoms with Crippen LogP contribution in [0.5, 0.6) is 0 Å². The third-order valence-electron chi connectivity index (χ3n) is 3.26. The SMILES string of the molecule is NC(/C=C/CC1CCCCc2noc(=O)n21)CO. The number of aromatic nitrogens is 2. The van der Waals surface area contributed by atoms with Crippen LogP contribution in [0.2, 0.25) is 0 Å². The minimum Gasteiger partial charge on any atom is -0.394 e. The maximum Gasteiger partial charge on any atom is 0.441 e. The van der Waals surface area contributed by atoms with Crippen LogP contribution in [0.4, 0.5) is 0 Å². The lowest BCUT2D eigenvalue weighted by Gasteiger charge is -2.13. The van der Waals surface area contributed by atoms with E-state index in [0.717, 1.165) is 31.5 Å². The molecule has 2 unspecified atom stereocenters. The van der Waals surface area contributed by atoms with Gasteiger partial charge in [0.1, 0.15) is 0 Å². The Bertz CT molecular complexity index is 463.